The van der Waals surface area contributed by atoms with Crippen LogP contribution in [0.4, 0.5) is 24.8 Å². The Labute approximate surface area is 254 Å². The lowest BCUT2D eigenvalue weighted by Gasteiger charge is -2.33. The normalized spacial score (nSPS) is 17.4. The van der Waals surface area contributed by atoms with Gasteiger partial charge < -0.3 is 10.2 Å². The van der Waals surface area contributed by atoms with E-state index < -0.39 is 56.1 Å². The van der Waals surface area contributed by atoms with Gasteiger partial charge in [0.15, 0.2) is 17.5 Å². The summed E-state index contributed by atoms with van der Waals surface area (Å²) in [5, 5.41) is 3.72. The largest absolute Gasteiger partial charge is 0.351 e. The molecule has 0 unspecified atom stereocenters. The van der Waals surface area contributed by atoms with Crippen LogP contribution in [0.1, 0.15) is 51.1 Å². The Hall–Kier alpha value is -3.97. The van der Waals surface area contributed by atoms with Crippen molar-refractivity contribution in [2.24, 2.45) is 0 Å². The van der Waals surface area contributed by atoms with E-state index in [0.29, 0.717) is 34.7 Å². The molecule has 0 bridgehead atoms. The van der Waals surface area contributed by atoms with Crippen molar-refractivity contribution in [2.75, 3.05) is 24.1 Å². The van der Waals surface area contributed by atoms with Crippen molar-refractivity contribution in [1.82, 2.24) is 19.4 Å². The minimum absolute atomic E-state index is 0.172. The number of benzene rings is 2. The van der Waals surface area contributed by atoms with Gasteiger partial charge in [0.05, 0.1) is 11.3 Å². The van der Waals surface area contributed by atoms with Crippen LogP contribution >= 0.6 is 0 Å². The number of hydrogen-bond donors (Lipinski definition) is 2. The molecular formula is C31H35F3N6O3S. The second-order valence-corrected chi connectivity index (χ2v) is 13.4. The maximum absolute atomic E-state index is 15.5. The van der Waals surface area contributed by atoms with Crippen LogP contribution < -0.4 is 15.6 Å². The number of rotatable bonds is 9. The summed E-state index contributed by atoms with van der Waals surface area (Å²) in [7, 11) is -0.148. The smallest absolute Gasteiger partial charge is 0.260 e. The maximum atomic E-state index is 15.5. The quantitative estimate of drug-likeness (QED) is 0.230. The first-order valence-electron chi connectivity index (χ1n) is 14.4. The second-order valence-electron chi connectivity index (χ2n) is 11.7. The Balaban J connectivity index is 1.48. The molecule has 44 heavy (non-hydrogen) atoms. The topological polar surface area (TPSA) is 109 Å². The number of pyridine rings is 1. The lowest BCUT2D eigenvalue weighted by molar-refractivity contribution is 0.221. The predicted octanol–water partition coefficient (Wildman–Crippen LogP) is 5.68. The molecule has 0 amide bonds. The number of anilines is 2. The fourth-order valence-electron chi connectivity index (χ4n) is 5.65. The first kappa shape index (κ1) is 31.5. The number of nitrogens with zero attached hydrogens (tertiary/aromatic N) is 4. The molecule has 2 aromatic heterocycles. The van der Waals surface area contributed by atoms with Crippen LogP contribution in [0.25, 0.3) is 22.2 Å². The fourth-order valence-corrected chi connectivity index (χ4v) is 6.85. The van der Waals surface area contributed by atoms with Gasteiger partial charge in [-0.15, -0.1) is 0 Å². The number of sulfonamides is 1. The van der Waals surface area contributed by atoms with E-state index in [2.05, 4.69) is 34.3 Å². The number of halogens is 3. The summed E-state index contributed by atoms with van der Waals surface area (Å²) in [5.41, 5.74) is -2.16. The SMILES string of the molecule is CC(C)n1c(=O)c(-c2cc(F)c(NS(=O)(=O)Cc3ccccc3)c(F)c2F)cc2cnc(N[C@H]3CC[C@H](N(C)C)CC3)nc21. The highest BCUT2D eigenvalue weighted by Gasteiger charge is 2.27. The van der Waals surface area contributed by atoms with Crippen LogP contribution in [0, 0.1) is 17.5 Å². The molecule has 0 saturated heterocycles. The van der Waals surface area contributed by atoms with E-state index in [1.165, 1.54) is 29.0 Å². The zero-order valence-corrected chi connectivity index (χ0v) is 25.8. The van der Waals surface area contributed by atoms with Gasteiger partial charge in [-0.1, -0.05) is 30.3 Å². The highest BCUT2D eigenvalue weighted by Crippen LogP contribution is 2.32. The molecular weight excluding hydrogens is 593 g/mol. The molecule has 2 aromatic carbocycles. The molecule has 13 heteroatoms. The zero-order valence-electron chi connectivity index (χ0n) is 24.9. The molecule has 1 fully saturated rings. The fraction of sp³-hybridized carbons (Fsp3) is 0.387. The molecule has 9 nitrogen and oxygen atoms in total. The summed E-state index contributed by atoms with van der Waals surface area (Å²) < 4.78 is 74.3. The number of nitrogens with one attached hydrogen (secondary N) is 2. The second kappa shape index (κ2) is 12.6. The van der Waals surface area contributed by atoms with Crippen molar-refractivity contribution in [3.63, 3.8) is 0 Å². The molecule has 0 radical (unpaired) electrons. The van der Waals surface area contributed by atoms with Gasteiger partial charge in [0, 0.05) is 35.3 Å². The van der Waals surface area contributed by atoms with Crippen LogP contribution in [0.3, 0.4) is 0 Å². The van der Waals surface area contributed by atoms with E-state index in [-0.39, 0.29) is 11.6 Å². The molecule has 4 aromatic rings. The van der Waals surface area contributed by atoms with Crippen LogP contribution in [-0.2, 0) is 15.8 Å². The molecule has 1 aliphatic carbocycles. The first-order valence-corrected chi connectivity index (χ1v) is 16.1. The molecule has 1 saturated carbocycles. The molecule has 5 rings (SSSR count). The van der Waals surface area contributed by atoms with Crippen LogP contribution in [-0.4, -0.2) is 54.0 Å². The van der Waals surface area contributed by atoms with Gasteiger partial charge in [-0.05, 0) is 71.3 Å². The van der Waals surface area contributed by atoms with Crippen molar-refractivity contribution < 1.29 is 21.6 Å². The average Bonchev–Trinajstić information content (AvgIpc) is 2.97. The summed E-state index contributed by atoms with van der Waals surface area (Å²) in [5.74, 6) is -4.92. The third kappa shape index (κ3) is 6.58. The highest BCUT2D eigenvalue weighted by atomic mass is 32.2. The van der Waals surface area contributed by atoms with Crippen molar-refractivity contribution in [1.29, 1.82) is 0 Å². The molecule has 1 aliphatic rings. The lowest BCUT2D eigenvalue weighted by atomic mass is 9.91. The summed E-state index contributed by atoms with van der Waals surface area (Å²) in [4.78, 5) is 24.9. The Bertz CT molecular complexity index is 1840. The van der Waals surface area contributed by atoms with Crippen molar-refractivity contribution >= 4 is 32.7 Å². The third-order valence-corrected chi connectivity index (χ3v) is 9.18. The van der Waals surface area contributed by atoms with E-state index in [9.17, 15) is 13.2 Å². The van der Waals surface area contributed by atoms with E-state index in [4.69, 9.17) is 0 Å². The van der Waals surface area contributed by atoms with Crippen molar-refractivity contribution in [3.8, 4) is 11.1 Å². The van der Waals surface area contributed by atoms with Crippen molar-refractivity contribution in [3.05, 3.63) is 82.0 Å². The number of hydrogen-bond acceptors (Lipinski definition) is 7. The van der Waals surface area contributed by atoms with Gasteiger partial charge in [0.1, 0.15) is 11.3 Å². The number of fused-ring (bicyclic) bond motifs is 1. The molecule has 0 aliphatic heterocycles. The molecule has 2 heterocycles. The van der Waals surface area contributed by atoms with Gasteiger partial charge in [-0.3, -0.25) is 14.1 Å². The van der Waals surface area contributed by atoms with Crippen molar-refractivity contribution in [2.45, 2.75) is 63.4 Å². The van der Waals surface area contributed by atoms with Gasteiger partial charge in [-0.2, -0.15) is 4.98 Å². The predicted molar refractivity (Wildman–Crippen MR) is 166 cm³/mol. The van der Waals surface area contributed by atoms with Gasteiger partial charge in [-0.25, -0.2) is 26.6 Å². The van der Waals surface area contributed by atoms with Crippen LogP contribution in [0.2, 0.25) is 0 Å². The Morgan fingerprint density at radius 1 is 1.00 bits per heavy atom. The van der Waals surface area contributed by atoms with E-state index in [1.807, 2.05) is 4.72 Å². The Morgan fingerprint density at radius 2 is 1.68 bits per heavy atom. The summed E-state index contributed by atoms with van der Waals surface area (Å²) in [6.45, 7) is 3.48. The molecule has 0 atom stereocenters. The van der Waals surface area contributed by atoms with Gasteiger partial charge in [0.2, 0.25) is 16.0 Å². The highest BCUT2D eigenvalue weighted by molar-refractivity contribution is 7.91. The minimum Gasteiger partial charge on any atom is -0.351 e. The summed E-state index contributed by atoms with van der Waals surface area (Å²) >= 11 is 0. The average molecular weight is 629 g/mol. The molecule has 0 spiro atoms. The van der Waals surface area contributed by atoms with Gasteiger partial charge in [0.25, 0.3) is 5.56 Å². The van der Waals surface area contributed by atoms with E-state index in [0.717, 1.165) is 25.7 Å². The molecule has 2 N–H and O–H groups in total. The molecule has 234 valence electrons. The monoisotopic (exact) mass is 628 g/mol. The summed E-state index contributed by atoms with van der Waals surface area (Å²) in [6.07, 6.45) is 5.42. The standard InChI is InChI=1S/C31H35F3N6O3S/c1-18(2)40-29-20(16-35-31(37-29)36-21-10-12-22(13-11-21)39(3)4)14-24(30(40)41)23-15-25(32)28(27(34)26(23)33)38-44(42,43)17-19-8-6-5-7-9-19/h5-9,14-16,18,21-22,38H,10-13,17H2,1-4H3,(H,35,36,37)/t21-,22-. The first-order chi connectivity index (χ1) is 20.8. The van der Waals surface area contributed by atoms with Crippen LogP contribution in [0.15, 0.2) is 53.5 Å². The number of aromatic nitrogens is 3. The zero-order chi connectivity index (χ0) is 31.8. The van der Waals surface area contributed by atoms with E-state index in [1.54, 1.807) is 32.0 Å². The lowest BCUT2D eigenvalue weighted by Crippen LogP contribution is -2.36. The maximum Gasteiger partial charge on any atom is 0.260 e. The third-order valence-electron chi connectivity index (χ3n) is 7.96. The minimum atomic E-state index is -4.29. The van der Waals surface area contributed by atoms with E-state index >= 15 is 13.2 Å². The van der Waals surface area contributed by atoms with Crippen LogP contribution in [0.5, 0.6) is 0 Å². The summed E-state index contributed by atoms with van der Waals surface area (Å²) in [6, 6.07) is 10.2. The Kier molecular flexibility index (Phi) is 8.98. The Morgan fingerprint density at radius 3 is 2.32 bits per heavy atom. The van der Waals surface area contributed by atoms with Gasteiger partial charge >= 0.3 is 0 Å².